The van der Waals surface area contributed by atoms with Crippen molar-refractivity contribution in [1.82, 2.24) is 0 Å². The van der Waals surface area contributed by atoms with E-state index in [1.807, 2.05) is 43.3 Å². The third-order valence-corrected chi connectivity index (χ3v) is 4.67. The van der Waals surface area contributed by atoms with Crippen molar-refractivity contribution in [2.45, 2.75) is 6.92 Å². The summed E-state index contributed by atoms with van der Waals surface area (Å²) in [5, 5.41) is 14.9. The van der Waals surface area contributed by atoms with Gasteiger partial charge in [0.2, 0.25) is 0 Å². The average molecular weight is 441 g/mol. The average Bonchev–Trinajstić information content (AvgIpc) is 2.83. The van der Waals surface area contributed by atoms with Crippen molar-refractivity contribution < 1.29 is 19.1 Å². The molecule has 0 aliphatic heterocycles. The van der Waals surface area contributed by atoms with Crippen LogP contribution in [0.1, 0.15) is 11.1 Å². The Hall–Kier alpha value is -4.57. The molecule has 7 nitrogen and oxygen atoms in total. The number of hydrogen-bond acceptors (Lipinski definition) is 5. The monoisotopic (exact) mass is 441 g/mol. The minimum atomic E-state index is -0.518. The molecular formula is C26H23N3O4. The molecule has 0 aliphatic rings. The van der Waals surface area contributed by atoms with Gasteiger partial charge >= 0.3 is 0 Å². The van der Waals surface area contributed by atoms with Crippen LogP contribution in [-0.4, -0.2) is 25.5 Å². The Morgan fingerprint density at radius 3 is 2.39 bits per heavy atom. The fourth-order valence-corrected chi connectivity index (χ4v) is 2.97. The minimum absolute atomic E-state index is 0.0628. The zero-order valence-corrected chi connectivity index (χ0v) is 18.3. The maximum absolute atomic E-state index is 12.4. The summed E-state index contributed by atoms with van der Waals surface area (Å²) in [7, 11) is 1.47. The molecule has 0 saturated heterocycles. The number of rotatable bonds is 8. The van der Waals surface area contributed by atoms with Crippen LogP contribution in [0.5, 0.6) is 11.5 Å². The third kappa shape index (κ3) is 6.45. The molecule has 7 heteroatoms. The molecule has 166 valence electrons. The number of methoxy groups -OCH3 is 1. The molecule has 0 spiro atoms. The minimum Gasteiger partial charge on any atom is -0.493 e. The molecule has 0 unspecified atom stereocenters. The molecule has 0 heterocycles. The van der Waals surface area contributed by atoms with Crippen molar-refractivity contribution in [3.05, 3.63) is 89.5 Å². The number of carbonyl (C=O) groups excluding carboxylic acids is 2. The van der Waals surface area contributed by atoms with E-state index in [2.05, 4.69) is 10.6 Å². The lowest BCUT2D eigenvalue weighted by Crippen LogP contribution is -2.20. The Kier molecular flexibility index (Phi) is 7.81. The molecule has 0 aromatic heterocycles. The highest BCUT2D eigenvalue weighted by Gasteiger charge is 2.12. The molecular weight excluding hydrogens is 418 g/mol. The SMILES string of the molecule is COc1cc(/C=C(/C#N)C(=O)Nc2ccccc2)ccc1OCC(=O)Nc1ccccc1C. The van der Waals surface area contributed by atoms with E-state index in [-0.39, 0.29) is 18.1 Å². The van der Waals surface area contributed by atoms with Crippen LogP contribution >= 0.6 is 0 Å². The van der Waals surface area contributed by atoms with Gasteiger partial charge in [-0.25, -0.2) is 0 Å². The van der Waals surface area contributed by atoms with Gasteiger partial charge in [-0.2, -0.15) is 5.26 Å². The molecule has 0 atom stereocenters. The Morgan fingerprint density at radius 1 is 0.970 bits per heavy atom. The van der Waals surface area contributed by atoms with Gasteiger partial charge in [-0.15, -0.1) is 0 Å². The van der Waals surface area contributed by atoms with Crippen LogP contribution in [0, 0.1) is 18.3 Å². The first-order valence-electron chi connectivity index (χ1n) is 10.1. The van der Waals surface area contributed by atoms with E-state index in [4.69, 9.17) is 9.47 Å². The molecule has 0 aliphatic carbocycles. The highest BCUT2D eigenvalue weighted by molar-refractivity contribution is 6.09. The number of anilines is 2. The van der Waals surface area contributed by atoms with Gasteiger partial charge in [-0.3, -0.25) is 9.59 Å². The summed E-state index contributed by atoms with van der Waals surface area (Å²) >= 11 is 0. The summed E-state index contributed by atoms with van der Waals surface area (Å²) in [6, 6.07) is 23.2. The first kappa shape index (κ1) is 23.1. The lowest BCUT2D eigenvalue weighted by Gasteiger charge is -2.12. The van der Waals surface area contributed by atoms with Gasteiger partial charge in [0, 0.05) is 11.4 Å². The Balaban J connectivity index is 1.68. The summed E-state index contributed by atoms with van der Waals surface area (Å²) in [6.45, 7) is 1.70. The summed E-state index contributed by atoms with van der Waals surface area (Å²) in [5.41, 5.74) is 2.77. The molecule has 0 bridgehead atoms. The van der Waals surface area contributed by atoms with Crippen LogP contribution in [0.25, 0.3) is 6.08 Å². The van der Waals surface area contributed by atoms with Gasteiger partial charge in [-0.05, 0) is 54.5 Å². The van der Waals surface area contributed by atoms with Gasteiger partial charge in [0.25, 0.3) is 11.8 Å². The molecule has 0 saturated carbocycles. The van der Waals surface area contributed by atoms with Gasteiger partial charge < -0.3 is 20.1 Å². The fraction of sp³-hybridized carbons (Fsp3) is 0.115. The Morgan fingerprint density at radius 2 is 1.70 bits per heavy atom. The van der Waals surface area contributed by atoms with E-state index in [0.29, 0.717) is 22.7 Å². The summed E-state index contributed by atoms with van der Waals surface area (Å²) in [5.74, 6) is -0.0921. The number of carbonyl (C=O) groups is 2. The second kappa shape index (κ2) is 11.2. The van der Waals surface area contributed by atoms with Gasteiger partial charge in [0.15, 0.2) is 18.1 Å². The highest BCUT2D eigenvalue weighted by atomic mass is 16.5. The molecule has 3 aromatic rings. The van der Waals surface area contributed by atoms with E-state index in [1.54, 1.807) is 42.5 Å². The second-order valence-corrected chi connectivity index (χ2v) is 7.05. The maximum atomic E-state index is 12.4. The van der Waals surface area contributed by atoms with E-state index >= 15 is 0 Å². The Bertz CT molecular complexity index is 1210. The maximum Gasteiger partial charge on any atom is 0.266 e. The lowest BCUT2D eigenvalue weighted by atomic mass is 10.1. The van der Waals surface area contributed by atoms with Crippen molar-refractivity contribution in [2.75, 3.05) is 24.4 Å². The predicted octanol–water partition coefficient (Wildman–Crippen LogP) is 4.57. The molecule has 33 heavy (non-hydrogen) atoms. The second-order valence-electron chi connectivity index (χ2n) is 7.05. The zero-order chi connectivity index (χ0) is 23.6. The number of para-hydroxylation sites is 2. The van der Waals surface area contributed by atoms with E-state index in [9.17, 15) is 14.9 Å². The van der Waals surface area contributed by atoms with Crippen molar-refractivity contribution in [2.24, 2.45) is 0 Å². The molecule has 2 N–H and O–H groups in total. The number of aryl methyl sites for hydroxylation is 1. The lowest BCUT2D eigenvalue weighted by molar-refractivity contribution is -0.118. The highest BCUT2D eigenvalue weighted by Crippen LogP contribution is 2.29. The zero-order valence-electron chi connectivity index (χ0n) is 18.3. The van der Waals surface area contributed by atoms with Crippen molar-refractivity contribution in [3.8, 4) is 17.6 Å². The molecule has 2 amide bonds. The Labute approximate surface area is 192 Å². The van der Waals surface area contributed by atoms with Crippen molar-refractivity contribution in [3.63, 3.8) is 0 Å². The molecule has 0 fully saturated rings. The fourth-order valence-electron chi connectivity index (χ4n) is 2.97. The van der Waals surface area contributed by atoms with Gasteiger partial charge in [0.05, 0.1) is 7.11 Å². The number of hydrogen-bond donors (Lipinski definition) is 2. The summed E-state index contributed by atoms with van der Waals surface area (Å²) < 4.78 is 11.0. The first-order valence-corrected chi connectivity index (χ1v) is 10.1. The van der Waals surface area contributed by atoms with Crippen molar-refractivity contribution >= 4 is 29.3 Å². The smallest absolute Gasteiger partial charge is 0.266 e. The topological polar surface area (TPSA) is 100 Å². The van der Waals surface area contributed by atoms with Crippen LogP contribution in [0.4, 0.5) is 11.4 Å². The largest absolute Gasteiger partial charge is 0.493 e. The van der Waals surface area contributed by atoms with E-state index in [1.165, 1.54) is 13.2 Å². The number of amides is 2. The number of nitrogens with zero attached hydrogens (tertiary/aromatic N) is 1. The van der Waals surface area contributed by atoms with E-state index < -0.39 is 5.91 Å². The predicted molar refractivity (Wildman–Crippen MR) is 127 cm³/mol. The quantitative estimate of drug-likeness (QED) is 0.394. The van der Waals surface area contributed by atoms with Crippen molar-refractivity contribution in [1.29, 1.82) is 5.26 Å². The summed E-state index contributed by atoms with van der Waals surface area (Å²) in [4.78, 5) is 24.7. The van der Waals surface area contributed by atoms with Gasteiger partial charge in [0.1, 0.15) is 11.6 Å². The number of nitrogens with one attached hydrogen (secondary N) is 2. The molecule has 3 aromatic carbocycles. The number of nitriles is 1. The normalized spacial score (nSPS) is 10.6. The number of benzene rings is 3. The van der Waals surface area contributed by atoms with Crippen LogP contribution in [0.3, 0.4) is 0 Å². The summed E-state index contributed by atoms with van der Waals surface area (Å²) in [6.07, 6.45) is 1.45. The third-order valence-electron chi connectivity index (χ3n) is 4.67. The van der Waals surface area contributed by atoms with Gasteiger partial charge in [-0.1, -0.05) is 42.5 Å². The molecule has 0 radical (unpaired) electrons. The molecule has 3 rings (SSSR count). The van der Waals surface area contributed by atoms with Crippen LogP contribution < -0.4 is 20.1 Å². The van der Waals surface area contributed by atoms with E-state index in [0.717, 1.165) is 11.3 Å². The standard InChI is InChI=1S/C26H23N3O4/c1-18-8-6-7-11-22(18)29-25(30)17-33-23-13-12-19(15-24(23)32-2)14-20(16-27)26(31)28-21-9-4-3-5-10-21/h3-15H,17H2,1-2H3,(H,28,31)(H,29,30)/b20-14-. The first-order chi connectivity index (χ1) is 16.0. The van der Waals surface area contributed by atoms with Crippen LogP contribution in [-0.2, 0) is 9.59 Å². The van der Waals surface area contributed by atoms with Crippen LogP contribution in [0.15, 0.2) is 78.4 Å². The number of ether oxygens (including phenoxy) is 2. The van der Waals surface area contributed by atoms with Crippen LogP contribution in [0.2, 0.25) is 0 Å².